The number of methoxy groups -OCH3 is 2. The normalized spacial score (nSPS) is 22.7. The van der Waals surface area contributed by atoms with E-state index in [4.69, 9.17) is 32.5 Å². The molecule has 1 N–H and O–H groups in total. The molecule has 9 atom stereocenters. The standard InChI is InChI=1S/C39H70O8Si2/c1-15-49(16-2,17-3)45-26-30(6)36(44-27-41-11)28(4)18-21-33(40)24-35(47-48(13,14)39(8,9)10)31(7)37-29(5)25-43-38(46-37)32-19-22-34(42-12)23-20-32/h19-20,22-23,28-31,33,35-38,40H,15-17,24-27H2,1-14H3/t28-,29-,30-,31-,33+,35-,36-,37+,38+/m0/s1. The molecule has 0 spiro atoms. The third kappa shape index (κ3) is 12.7. The summed E-state index contributed by atoms with van der Waals surface area (Å²) in [6, 6.07) is 11.1. The zero-order valence-corrected chi connectivity index (χ0v) is 35.3. The van der Waals surface area contributed by atoms with Crippen LogP contribution in [0.25, 0.3) is 0 Å². The Hall–Kier alpha value is -1.27. The molecule has 1 aromatic carbocycles. The molecule has 0 unspecified atom stereocenters. The summed E-state index contributed by atoms with van der Waals surface area (Å²) in [7, 11) is -0.650. The van der Waals surface area contributed by atoms with E-state index in [2.05, 4.69) is 94.2 Å². The van der Waals surface area contributed by atoms with E-state index in [0.717, 1.165) is 29.4 Å². The van der Waals surface area contributed by atoms with Crippen LogP contribution in [0.4, 0.5) is 0 Å². The first kappa shape index (κ1) is 43.9. The highest BCUT2D eigenvalue weighted by atomic mass is 28.4. The third-order valence-electron chi connectivity index (χ3n) is 11.0. The molecule has 0 radical (unpaired) electrons. The maximum Gasteiger partial charge on any atom is 0.192 e. The van der Waals surface area contributed by atoms with E-state index in [9.17, 15) is 5.11 Å². The van der Waals surface area contributed by atoms with Crippen molar-refractivity contribution >= 4 is 16.6 Å². The summed E-state index contributed by atoms with van der Waals surface area (Å²) in [4.78, 5) is 0. The van der Waals surface area contributed by atoms with Crippen LogP contribution in [-0.4, -0.2) is 80.4 Å². The summed E-state index contributed by atoms with van der Waals surface area (Å²) < 4.78 is 43.3. The van der Waals surface area contributed by atoms with Gasteiger partial charge < -0.3 is 37.6 Å². The molecule has 1 aliphatic rings. The summed E-state index contributed by atoms with van der Waals surface area (Å²) in [6.07, 6.45) is -1.56. The molecule has 1 saturated heterocycles. The molecule has 10 heteroatoms. The Balaban J connectivity index is 2.28. The lowest BCUT2D eigenvalue weighted by Gasteiger charge is -2.45. The zero-order valence-electron chi connectivity index (χ0n) is 33.3. The smallest absolute Gasteiger partial charge is 0.192 e. The van der Waals surface area contributed by atoms with Gasteiger partial charge in [-0.3, -0.25) is 0 Å². The van der Waals surface area contributed by atoms with Crippen molar-refractivity contribution in [3.8, 4) is 17.6 Å². The molecule has 0 aliphatic carbocycles. The number of hydrogen-bond acceptors (Lipinski definition) is 8. The van der Waals surface area contributed by atoms with Crippen LogP contribution in [-0.2, 0) is 27.8 Å². The van der Waals surface area contributed by atoms with E-state index < -0.39 is 29.0 Å². The highest BCUT2D eigenvalue weighted by molar-refractivity contribution is 6.74. The molecule has 1 heterocycles. The van der Waals surface area contributed by atoms with Gasteiger partial charge in [-0.05, 0) is 55.3 Å². The van der Waals surface area contributed by atoms with Crippen molar-refractivity contribution < 1.29 is 37.6 Å². The molecule has 49 heavy (non-hydrogen) atoms. The molecule has 282 valence electrons. The molecule has 2 rings (SSSR count). The lowest BCUT2D eigenvalue weighted by molar-refractivity contribution is -0.255. The number of ether oxygens (including phenoxy) is 5. The Morgan fingerprint density at radius 2 is 1.59 bits per heavy atom. The van der Waals surface area contributed by atoms with Gasteiger partial charge in [0.15, 0.2) is 22.9 Å². The van der Waals surface area contributed by atoms with E-state index in [1.54, 1.807) is 14.2 Å². The van der Waals surface area contributed by atoms with Gasteiger partial charge in [0.1, 0.15) is 18.6 Å². The average molecular weight is 723 g/mol. The van der Waals surface area contributed by atoms with Crippen LogP contribution in [0.2, 0.25) is 36.3 Å². The first-order chi connectivity index (χ1) is 23.0. The van der Waals surface area contributed by atoms with Gasteiger partial charge in [-0.25, -0.2) is 0 Å². The lowest BCUT2D eigenvalue weighted by Crippen LogP contribution is -2.50. The number of benzene rings is 1. The second-order valence-corrected chi connectivity index (χ2v) is 25.2. The maximum atomic E-state index is 11.5. The van der Waals surface area contributed by atoms with E-state index in [-0.39, 0.29) is 53.8 Å². The predicted molar refractivity (Wildman–Crippen MR) is 204 cm³/mol. The van der Waals surface area contributed by atoms with Crippen molar-refractivity contribution in [2.24, 2.45) is 23.7 Å². The van der Waals surface area contributed by atoms with Gasteiger partial charge >= 0.3 is 0 Å². The number of aliphatic hydroxyl groups excluding tert-OH is 1. The fraction of sp³-hybridized carbons (Fsp3) is 0.795. The van der Waals surface area contributed by atoms with Gasteiger partial charge in [-0.2, -0.15) is 0 Å². The van der Waals surface area contributed by atoms with Gasteiger partial charge in [0.2, 0.25) is 0 Å². The molecule has 0 saturated carbocycles. The predicted octanol–water partition coefficient (Wildman–Crippen LogP) is 8.81. The van der Waals surface area contributed by atoms with Crippen LogP contribution in [0.5, 0.6) is 5.75 Å². The average Bonchev–Trinajstić information content (AvgIpc) is 3.07. The fourth-order valence-electron chi connectivity index (χ4n) is 6.36. The van der Waals surface area contributed by atoms with E-state index in [0.29, 0.717) is 19.6 Å². The molecule has 1 fully saturated rings. The van der Waals surface area contributed by atoms with Gasteiger partial charge in [-0.15, -0.1) is 0 Å². The minimum Gasteiger partial charge on any atom is -0.497 e. The summed E-state index contributed by atoms with van der Waals surface area (Å²) in [6.45, 7) is 27.9. The Morgan fingerprint density at radius 3 is 2.12 bits per heavy atom. The van der Waals surface area contributed by atoms with Crippen LogP contribution in [0.15, 0.2) is 24.3 Å². The quantitative estimate of drug-likeness (QED) is 0.0862. The minimum absolute atomic E-state index is 0.00177. The monoisotopic (exact) mass is 722 g/mol. The number of aliphatic hydroxyl groups is 1. The van der Waals surface area contributed by atoms with Crippen molar-refractivity contribution in [3.05, 3.63) is 29.8 Å². The van der Waals surface area contributed by atoms with Gasteiger partial charge in [0.05, 0.1) is 32.0 Å². The zero-order chi connectivity index (χ0) is 37.0. The molecule has 0 amide bonds. The fourth-order valence-corrected chi connectivity index (χ4v) is 10.5. The van der Waals surface area contributed by atoms with Crippen molar-refractivity contribution in [1.29, 1.82) is 0 Å². The number of hydrogen-bond donors (Lipinski definition) is 1. The van der Waals surface area contributed by atoms with Gasteiger partial charge in [0.25, 0.3) is 0 Å². The molecule has 1 aromatic rings. The molecular formula is C39H70O8Si2. The topological polar surface area (TPSA) is 84.8 Å². The van der Waals surface area contributed by atoms with E-state index in [1.807, 2.05) is 24.3 Å². The van der Waals surface area contributed by atoms with Gasteiger partial charge in [0, 0.05) is 49.4 Å². The second kappa shape index (κ2) is 20.1. The van der Waals surface area contributed by atoms with Crippen molar-refractivity contribution in [1.82, 2.24) is 0 Å². The van der Waals surface area contributed by atoms with Crippen molar-refractivity contribution in [2.75, 3.05) is 34.2 Å². The largest absolute Gasteiger partial charge is 0.497 e. The summed E-state index contributed by atoms with van der Waals surface area (Å²) in [5, 5.41) is 11.5. The molecular weight excluding hydrogens is 653 g/mol. The third-order valence-corrected chi connectivity index (χ3v) is 20.2. The maximum absolute atomic E-state index is 11.5. The summed E-state index contributed by atoms with van der Waals surface area (Å²) >= 11 is 0. The first-order valence-corrected chi connectivity index (χ1v) is 23.9. The SMILES string of the molecule is CC[Si](CC)(CC)OC[C@H](C)[C@@H](OCOC)[C@@H](C)C#C[C@@H](O)C[C@H](O[Si](C)(C)C(C)(C)C)[C@H](C)[C@@H]1O[C@H](c2ccc(OC)cc2)OC[C@@H]1C. The Labute approximate surface area is 301 Å². The summed E-state index contributed by atoms with van der Waals surface area (Å²) in [5.74, 6) is 7.43. The van der Waals surface area contributed by atoms with Crippen LogP contribution in [0.1, 0.15) is 87.5 Å². The van der Waals surface area contributed by atoms with E-state index in [1.165, 1.54) is 0 Å². The van der Waals surface area contributed by atoms with Crippen LogP contribution < -0.4 is 4.74 Å². The van der Waals surface area contributed by atoms with Crippen LogP contribution in [0, 0.1) is 35.5 Å². The van der Waals surface area contributed by atoms with Gasteiger partial charge in [-0.1, -0.05) is 86.3 Å². The Kier molecular flexibility index (Phi) is 18.0. The molecule has 8 nitrogen and oxygen atoms in total. The van der Waals surface area contributed by atoms with Crippen molar-refractivity contribution in [3.63, 3.8) is 0 Å². The summed E-state index contributed by atoms with van der Waals surface area (Å²) in [5.41, 5.74) is 0.948. The van der Waals surface area contributed by atoms with Crippen LogP contribution >= 0.6 is 0 Å². The van der Waals surface area contributed by atoms with Crippen molar-refractivity contribution in [2.45, 2.75) is 143 Å². The van der Waals surface area contributed by atoms with Crippen LogP contribution in [0.3, 0.4) is 0 Å². The second-order valence-electron chi connectivity index (χ2n) is 15.7. The highest BCUT2D eigenvalue weighted by Gasteiger charge is 2.44. The first-order valence-electron chi connectivity index (χ1n) is 18.5. The lowest BCUT2D eigenvalue weighted by atomic mass is 9.86. The highest BCUT2D eigenvalue weighted by Crippen LogP contribution is 2.41. The number of rotatable bonds is 19. The molecule has 1 aliphatic heterocycles. The van der Waals surface area contributed by atoms with E-state index >= 15 is 0 Å². The molecule has 0 aromatic heterocycles. The Morgan fingerprint density at radius 1 is 0.980 bits per heavy atom. The molecule has 0 bridgehead atoms. The minimum atomic E-state index is -2.21. The Bertz CT molecular complexity index is 1130.